The molecule has 0 unspecified atom stereocenters. The van der Waals surface area contributed by atoms with Crippen LogP contribution in [0.4, 0.5) is 18.3 Å². The molecule has 7 nitrogen and oxygen atoms in total. The van der Waals surface area contributed by atoms with Crippen LogP contribution in [0.25, 0.3) is 5.69 Å². The Morgan fingerprint density at radius 1 is 1.29 bits per heavy atom. The summed E-state index contributed by atoms with van der Waals surface area (Å²) in [5.41, 5.74) is -0.955. The lowest BCUT2D eigenvalue weighted by Crippen LogP contribution is -2.35. The average molecular weight is 472 g/mol. The second-order valence-electron chi connectivity index (χ2n) is 6.78. The number of benzene rings is 1. The summed E-state index contributed by atoms with van der Waals surface area (Å²) in [4.78, 5) is 19.1. The number of rotatable bonds is 5. The molecule has 2 aromatic heterocycles. The van der Waals surface area contributed by atoms with Crippen LogP contribution >= 0.6 is 22.9 Å². The van der Waals surface area contributed by atoms with Gasteiger partial charge in [0.1, 0.15) is 0 Å². The average Bonchev–Trinajstić information content (AvgIpc) is 3.36. The fourth-order valence-corrected chi connectivity index (χ4v) is 4.06. The van der Waals surface area contributed by atoms with Crippen molar-refractivity contribution in [1.29, 1.82) is 0 Å². The Labute approximate surface area is 184 Å². The number of halogens is 4. The van der Waals surface area contributed by atoms with E-state index in [4.69, 9.17) is 16.3 Å². The zero-order chi connectivity index (χ0) is 22.0. The molecule has 1 aliphatic rings. The summed E-state index contributed by atoms with van der Waals surface area (Å²) in [5.74, 6) is -0.937. The van der Waals surface area contributed by atoms with Crippen molar-refractivity contribution in [2.45, 2.75) is 12.7 Å². The van der Waals surface area contributed by atoms with Crippen molar-refractivity contribution >= 4 is 34.0 Å². The van der Waals surface area contributed by atoms with Gasteiger partial charge in [-0.25, -0.2) is 9.67 Å². The molecule has 0 bridgehead atoms. The van der Waals surface area contributed by atoms with E-state index in [9.17, 15) is 18.0 Å². The number of anilines is 1. The number of amides is 1. The summed E-state index contributed by atoms with van der Waals surface area (Å²) in [7, 11) is 0. The summed E-state index contributed by atoms with van der Waals surface area (Å²) < 4.78 is 47.3. The Hall–Kier alpha value is -2.47. The van der Waals surface area contributed by atoms with Gasteiger partial charge < -0.3 is 4.74 Å². The molecule has 1 N–H and O–H groups in total. The lowest BCUT2D eigenvalue weighted by Gasteiger charge is -2.25. The van der Waals surface area contributed by atoms with Crippen molar-refractivity contribution in [2.75, 3.05) is 31.6 Å². The van der Waals surface area contributed by atoms with E-state index in [1.54, 1.807) is 5.38 Å². The van der Waals surface area contributed by atoms with E-state index in [-0.39, 0.29) is 15.8 Å². The smallest absolute Gasteiger partial charge is 0.379 e. The molecule has 0 radical (unpaired) electrons. The molecule has 1 aromatic carbocycles. The molecular formula is C19H17ClF3N5O2S. The molecule has 0 atom stereocenters. The van der Waals surface area contributed by atoms with Crippen LogP contribution in [0.1, 0.15) is 21.7 Å². The zero-order valence-electron chi connectivity index (χ0n) is 16.0. The van der Waals surface area contributed by atoms with Crippen LogP contribution in [0.2, 0.25) is 5.02 Å². The maximum absolute atomic E-state index is 13.8. The predicted octanol–water partition coefficient (Wildman–Crippen LogP) is 4.09. The third kappa shape index (κ3) is 5.06. The molecule has 3 aromatic rings. The van der Waals surface area contributed by atoms with E-state index in [1.165, 1.54) is 24.3 Å². The van der Waals surface area contributed by atoms with Gasteiger partial charge in [0.05, 0.1) is 36.4 Å². The maximum atomic E-state index is 13.8. The second-order valence-corrected chi connectivity index (χ2v) is 8.08. The molecule has 0 aliphatic carbocycles. The lowest BCUT2D eigenvalue weighted by molar-refractivity contribution is -0.143. The van der Waals surface area contributed by atoms with E-state index < -0.39 is 23.3 Å². The molecule has 0 saturated carbocycles. The third-order valence-electron chi connectivity index (χ3n) is 4.60. The molecular weight excluding hydrogens is 455 g/mol. The molecule has 3 heterocycles. The Balaban J connectivity index is 1.55. The number of hydrogen-bond acceptors (Lipinski definition) is 6. The van der Waals surface area contributed by atoms with Crippen LogP contribution in [-0.2, 0) is 17.5 Å². The molecule has 1 aliphatic heterocycles. The lowest BCUT2D eigenvalue weighted by atomic mass is 10.2. The van der Waals surface area contributed by atoms with Crippen LogP contribution in [0, 0.1) is 0 Å². The number of carbonyl (C=O) groups is 1. The number of carbonyl (C=O) groups excluding carboxylic acids is 1. The highest BCUT2D eigenvalue weighted by Crippen LogP contribution is 2.34. The number of morpholine rings is 1. The Morgan fingerprint density at radius 2 is 2.06 bits per heavy atom. The summed E-state index contributed by atoms with van der Waals surface area (Å²) in [6, 6.07) is 5.80. The van der Waals surface area contributed by atoms with Crippen molar-refractivity contribution in [3.8, 4) is 5.69 Å². The monoisotopic (exact) mass is 471 g/mol. The summed E-state index contributed by atoms with van der Waals surface area (Å²) >= 11 is 7.04. The highest BCUT2D eigenvalue weighted by molar-refractivity contribution is 7.14. The van der Waals surface area contributed by atoms with Crippen LogP contribution < -0.4 is 5.32 Å². The van der Waals surface area contributed by atoms with Crippen molar-refractivity contribution < 1.29 is 22.7 Å². The van der Waals surface area contributed by atoms with Gasteiger partial charge in [-0.3, -0.25) is 15.0 Å². The molecule has 1 amide bonds. The number of nitrogens with one attached hydrogen (secondary N) is 1. The van der Waals surface area contributed by atoms with E-state index in [1.807, 2.05) is 0 Å². The number of alkyl halides is 3. The molecule has 164 valence electrons. The first-order valence-electron chi connectivity index (χ1n) is 9.28. The molecule has 31 heavy (non-hydrogen) atoms. The predicted molar refractivity (Wildman–Crippen MR) is 110 cm³/mol. The van der Waals surface area contributed by atoms with Crippen LogP contribution in [0.5, 0.6) is 0 Å². The second kappa shape index (κ2) is 8.95. The quantitative estimate of drug-likeness (QED) is 0.607. The fraction of sp³-hybridized carbons (Fsp3) is 0.316. The SMILES string of the molecule is O=C(Nc1nc(CN2CCOCC2)cs1)c1cnn(-c2cccc(Cl)c2)c1C(F)(F)F. The summed E-state index contributed by atoms with van der Waals surface area (Å²) in [6.07, 6.45) is -3.92. The minimum atomic E-state index is -4.81. The van der Waals surface area contributed by atoms with E-state index >= 15 is 0 Å². The number of thiazole rings is 1. The highest BCUT2D eigenvalue weighted by atomic mass is 35.5. The van der Waals surface area contributed by atoms with Gasteiger partial charge >= 0.3 is 6.18 Å². The van der Waals surface area contributed by atoms with Gasteiger partial charge in [-0.1, -0.05) is 17.7 Å². The Kier molecular flexibility index (Phi) is 6.28. The van der Waals surface area contributed by atoms with E-state index in [0.717, 1.165) is 36.3 Å². The zero-order valence-corrected chi connectivity index (χ0v) is 17.6. The first-order valence-corrected chi connectivity index (χ1v) is 10.5. The van der Waals surface area contributed by atoms with Gasteiger partial charge in [-0.15, -0.1) is 11.3 Å². The first-order chi connectivity index (χ1) is 14.8. The van der Waals surface area contributed by atoms with Crippen LogP contribution in [0.15, 0.2) is 35.8 Å². The first kappa shape index (κ1) is 21.8. The van der Waals surface area contributed by atoms with Gasteiger partial charge in [-0.2, -0.15) is 18.3 Å². The molecule has 1 saturated heterocycles. The molecule has 4 rings (SSSR count). The molecule has 12 heteroatoms. The van der Waals surface area contributed by atoms with Crippen molar-refractivity contribution in [2.24, 2.45) is 0 Å². The molecule has 1 fully saturated rings. The largest absolute Gasteiger partial charge is 0.434 e. The standard InChI is InChI=1S/C19H17ClF3N5O2S/c20-12-2-1-3-14(8-12)28-16(19(21,22)23)15(9-24-28)17(29)26-18-25-13(11-31-18)10-27-4-6-30-7-5-27/h1-3,8-9,11H,4-7,10H2,(H,25,26,29). The van der Waals surface area contributed by atoms with Gasteiger partial charge in [0, 0.05) is 30.0 Å². The summed E-state index contributed by atoms with van der Waals surface area (Å²) in [6.45, 7) is 3.42. The number of nitrogens with zero attached hydrogens (tertiary/aromatic N) is 4. The van der Waals surface area contributed by atoms with Gasteiger partial charge in [0.2, 0.25) is 0 Å². The van der Waals surface area contributed by atoms with E-state index in [2.05, 4.69) is 20.3 Å². The Bertz CT molecular complexity index is 1080. The van der Waals surface area contributed by atoms with Gasteiger partial charge in [-0.05, 0) is 18.2 Å². The number of ether oxygens (including phenoxy) is 1. The highest BCUT2D eigenvalue weighted by Gasteiger charge is 2.40. The van der Waals surface area contributed by atoms with Crippen LogP contribution in [0.3, 0.4) is 0 Å². The minimum absolute atomic E-state index is 0.0981. The van der Waals surface area contributed by atoms with Gasteiger partial charge in [0.25, 0.3) is 5.91 Å². The van der Waals surface area contributed by atoms with Crippen molar-refractivity contribution in [1.82, 2.24) is 19.7 Å². The van der Waals surface area contributed by atoms with Crippen LogP contribution in [-0.4, -0.2) is 51.9 Å². The number of hydrogen-bond donors (Lipinski definition) is 1. The topological polar surface area (TPSA) is 72.3 Å². The summed E-state index contributed by atoms with van der Waals surface area (Å²) in [5, 5.41) is 8.47. The normalized spacial score (nSPS) is 15.2. The van der Waals surface area contributed by atoms with E-state index in [0.29, 0.717) is 24.4 Å². The molecule has 0 spiro atoms. The van der Waals surface area contributed by atoms with Crippen molar-refractivity contribution in [3.05, 3.63) is 57.8 Å². The maximum Gasteiger partial charge on any atom is 0.434 e. The van der Waals surface area contributed by atoms with Gasteiger partial charge in [0.15, 0.2) is 10.8 Å². The Morgan fingerprint density at radius 3 is 2.77 bits per heavy atom. The fourth-order valence-electron chi connectivity index (χ4n) is 3.18. The minimum Gasteiger partial charge on any atom is -0.379 e. The van der Waals surface area contributed by atoms with Crippen molar-refractivity contribution in [3.63, 3.8) is 0 Å². The number of aromatic nitrogens is 3. The third-order valence-corrected chi connectivity index (χ3v) is 5.64.